The van der Waals surface area contributed by atoms with Crippen LogP contribution in [0.4, 0.5) is 0 Å². The fourth-order valence-corrected chi connectivity index (χ4v) is 2.65. The van der Waals surface area contributed by atoms with Gasteiger partial charge in [0.15, 0.2) is 0 Å². The van der Waals surface area contributed by atoms with Gasteiger partial charge in [0.2, 0.25) is 0 Å². The standard InChI is InChI=1S/C15H16O/c1-2-6-12(7-3-1)13-10-11-16-15-9-5-4-8-14(13)15/h1-3,6-7,10-11,13H,4-5,8-9H2. The van der Waals surface area contributed by atoms with E-state index in [1.165, 1.54) is 36.2 Å². The van der Waals surface area contributed by atoms with E-state index in [4.69, 9.17) is 4.74 Å². The summed E-state index contributed by atoms with van der Waals surface area (Å²) in [7, 11) is 0. The maximum atomic E-state index is 5.63. The molecule has 1 nitrogen and oxygen atoms in total. The maximum absolute atomic E-state index is 5.63. The molecule has 1 unspecified atom stereocenters. The third kappa shape index (κ3) is 1.67. The summed E-state index contributed by atoms with van der Waals surface area (Å²) in [6.45, 7) is 0. The second kappa shape index (κ2) is 4.17. The van der Waals surface area contributed by atoms with Gasteiger partial charge in [-0.1, -0.05) is 30.3 Å². The Labute approximate surface area is 96.4 Å². The Balaban J connectivity index is 1.98. The van der Waals surface area contributed by atoms with Gasteiger partial charge in [-0.3, -0.25) is 0 Å². The zero-order chi connectivity index (χ0) is 10.8. The lowest BCUT2D eigenvalue weighted by Gasteiger charge is -2.28. The van der Waals surface area contributed by atoms with Gasteiger partial charge in [-0.2, -0.15) is 0 Å². The molecule has 3 rings (SSSR count). The monoisotopic (exact) mass is 212 g/mol. The molecule has 2 aliphatic rings. The average molecular weight is 212 g/mol. The van der Waals surface area contributed by atoms with Gasteiger partial charge < -0.3 is 4.74 Å². The highest BCUT2D eigenvalue weighted by molar-refractivity contribution is 5.37. The molecule has 1 heteroatoms. The van der Waals surface area contributed by atoms with Crippen LogP contribution in [-0.4, -0.2) is 0 Å². The molecule has 1 atom stereocenters. The molecule has 0 saturated heterocycles. The molecular formula is C15H16O. The summed E-state index contributed by atoms with van der Waals surface area (Å²) in [5.41, 5.74) is 2.89. The molecule has 1 heterocycles. The third-order valence-electron chi connectivity index (χ3n) is 3.47. The normalized spacial score (nSPS) is 23.9. The lowest BCUT2D eigenvalue weighted by molar-refractivity contribution is 0.296. The minimum Gasteiger partial charge on any atom is -0.470 e. The van der Waals surface area contributed by atoms with E-state index in [0.717, 1.165) is 6.42 Å². The second-order valence-electron chi connectivity index (χ2n) is 4.49. The molecule has 1 aromatic rings. The van der Waals surface area contributed by atoms with Gasteiger partial charge in [0.05, 0.1) is 6.26 Å². The first-order chi connectivity index (χ1) is 7.95. The summed E-state index contributed by atoms with van der Waals surface area (Å²) in [6.07, 6.45) is 8.93. The zero-order valence-electron chi connectivity index (χ0n) is 9.36. The van der Waals surface area contributed by atoms with Crippen molar-refractivity contribution in [3.05, 3.63) is 59.6 Å². The molecule has 0 fully saturated rings. The molecule has 0 N–H and O–H groups in total. The summed E-state index contributed by atoms with van der Waals surface area (Å²) in [4.78, 5) is 0. The van der Waals surface area contributed by atoms with E-state index in [1.54, 1.807) is 0 Å². The predicted molar refractivity (Wildman–Crippen MR) is 64.9 cm³/mol. The lowest BCUT2D eigenvalue weighted by Crippen LogP contribution is -2.12. The average Bonchev–Trinajstić information content (AvgIpc) is 2.39. The van der Waals surface area contributed by atoms with Crippen molar-refractivity contribution in [2.24, 2.45) is 0 Å². The molecule has 0 radical (unpaired) electrons. The minimum atomic E-state index is 0.449. The Hall–Kier alpha value is -1.50. The number of ether oxygens (including phenoxy) is 1. The number of rotatable bonds is 1. The van der Waals surface area contributed by atoms with Gasteiger partial charge in [0.25, 0.3) is 0 Å². The van der Waals surface area contributed by atoms with Crippen LogP contribution in [-0.2, 0) is 4.74 Å². The summed E-state index contributed by atoms with van der Waals surface area (Å²) >= 11 is 0. The Bertz CT molecular complexity index is 428. The molecular weight excluding hydrogens is 196 g/mol. The highest BCUT2D eigenvalue weighted by Gasteiger charge is 2.24. The van der Waals surface area contributed by atoms with Crippen LogP contribution < -0.4 is 0 Å². The van der Waals surface area contributed by atoms with E-state index >= 15 is 0 Å². The minimum absolute atomic E-state index is 0.449. The summed E-state index contributed by atoms with van der Waals surface area (Å²) < 4.78 is 5.63. The summed E-state index contributed by atoms with van der Waals surface area (Å²) in [5, 5.41) is 0. The van der Waals surface area contributed by atoms with E-state index < -0.39 is 0 Å². The van der Waals surface area contributed by atoms with Crippen molar-refractivity contribution in [3.63, 3.8) is 0 Å². The van der Waals surface area contributed by atoms with Crippen molar-refractivity contribution in [1.82, 2.24) is 0 Å². The zero-order valence-corrected chi connectivity index (χ0v) is 9.36. The predicted octanol–water partition coefficient (Wildman–Crippen LogP) is 4.14. The van der Waals surface area contributed by atoms with Gasteiger partial charge >= 0.3 is 0 Å². The van der Waals surface area contributed by atoms with E-state index in [2.05, 4.69) is 36.4 Å². The van der Waals surface area contributed by atoms with Gasteiger partial charge in [-0.25, -0.2) is 0 Å². The van der Waals surface area contributed by atoms with Crippen molar-refractivity contribution < 1.29 is 4.74 Å². The van der Waals surface area contributed by atoms with Crippen molar-refractivity contribution in [1.29, 1.82) is 0 Å². The topological polar surface area (TPSA) is 9.23 Å². The van der Waals surface area contributed by atoms with Crippen molar-refractivity contribution in [2.45, 2.75) is 31.6 Å². The van der Waals surface area contributed by atoms with Crippen LogP contribution in [0.1, 0.15) is 37.2 Å². The van der Waals surface area contributed by atoms with Crippen LogP contribution in [0.3, 0.4) is 0 Å². The molecule has 0 spiro atoms. The van der Waals surface area contributed by atoms with Gasteiger partial charge in [0, 0.05) is 12.3 Å². The van der Waals surface area contributed by atoms with Gasteiger partial charge in [-0.15, -0.1) is 0 Å². The Morgan fingerprint density at radius 1 is 1.00 bits per heavy atom. The van der Waals surface area contributed by atoms with Crippen molar-refractivity contribution >= 4 is 0 Å². The van der Waals surface area contributed by atoms with Crippen molar-refractivity contribution in [3.8, 4) is 0 Å². The fraction of sp³-hybridized carbons (Fsp3) is 0.333. The van der Waals surface area contributed by atoms with Gasteiger partial charge in [-0.05, 0) is 36.5 Å². The second-order valence-corrected chi connectivity index (χ2v) is 4.49. The van der Waals surface area contributed by atoms with E-state index in [-0.39, 0.29) is 0 Å². The summed E-state index contributed by atoms with van der Waals surface area (Å²) in [5.74, 6) is 1.67. The van der Waals surface area contributed by atoms with Gasteiger partial charge in [0.1, 0.15) is 5.76 Å². The van der Waals surface area contributed by atoms with Crippen molar-refractivity contribution in [2.75, 3.05) is 0 Å². The third-order valence-corrected chi connectivity index (χ3v) is 3.47. The SMILES string of the molecule is C1=CC(c2ccccc2)C2=C(CCCC2)O1. The van der Waals surface area contributed by atoms with E-state index in [1.807, 2.05) is 6.26 Å². The smallest absolute Gasteiger partial charge is 0.103 e. The molecule has 0 amide bonds. The van der Waals surface area contributed by atoms with Crippen LogP contribution in [0.5, 0.6) is 0 Å². The Morgan fingerprint density at radius 2 is 1.81 bits per heavy atom. The summed E-state index contributed by atoms with van der Waals surface area (Å²) in [6, 6.07) is 10.7. The molecule has 0 saturated carbocycles. The first-order valence-corrected chi connectivity index (χ1v) is 6.05. The van der Waals surface area contributed by atoms with E-state index in [0.29, 0.717) is 5.92 Å². The molecule has 1 aliphatic heterocycles. The van der Waals surface area contributed by atoms with Crippen LogP contribution in [0.2, 0.25) is 0 Å². The first kappa shape index (κ1) is 9.71. The van der Waals surface area contributed by atoms with Crippen LogP contribution in [0.15, 0.2) is 54.0 Å². The Morgan fingerprint density at radius 3 is 2.69 bits per heavy atom. The first-order valence-electron chi connectivity index (χ1n) is 6.05. The number of allylic oxidation sites excluding steroid dienone is 3. The molecule has 0 bridgehead atoms. The lowest BCUT2D eigenvalue weighted by atomic mass is 9.83. The highest BCUT2D eigenvalue weighted by atomic mass is 16.5. The number of hydrogen-bond acceptors (Lipinski definition) is 1. The largest absolute Gasteiger partial charge is 0.470 e. The highest BCUT2D eigenvalue weighted by Crippen LogP contribution is 2.39. The number of benzene rings is 1. The molecule has 82 valence electrons. The number of hydrogen-bond donors (Lipinski definition) is 0. The molecule has 16 heavy (non-hydrogen) atoms. The van der Waals surface area contributed by atoms with Crippen LogP contribution in [0, 0.1) is 0 Å². The molecule has 1 aliphatic carbocycles. The quantitative estimate of drug-likeness (QED) is 0.679. The fourth-order valence-electron chi connectivity index (χ4n) is 2.65. The molecule has 0 aromatic heterocycles. The van der Waals surface area contributed by atoms with Crippen LogP contribution >= 0.6 is 0 Å². The van der Waals surface area contributed by atoms with Crippen LogP contribution in [0.25, 0.3) is 0 Å². The molecule has 1 aromatic carbocycles. The van der Waals surface area contributed by atoms with E-state index in [9.17, 15) is 0 Å². The maximum Gasteiger partial charge on any atom is 0.103 e. The Kier molecular flexibility index (Phi) is 2.53.